The van der Waals surface area contributed by atoms with Gasteiger partial charge in [-0.1, -0.05) is 11.6 Å². The monoisotopic (exact) mass is 308 g/mol. The van der Waals surface area contributed by atoms with Crippen LogP contribution in [0.25, 0.3) is 0 Å². The van der Waals surface area contributed by atoms with Gasteiger partial charge >= 0.3 is 0 Å². The lowest BCUT2D eigenvalue weighted by atomic mass is 9.88. The van der Waals surface area contributed by atoms with Gasteiger partial charge in [-0.05, 0) is 43.5 Å². The van der Waals surface area contributed by atoms with Gasteiger partial charge in [0.15, 0.2) is 0 Å². The Morgan fingerprint density at radius 2 is 2.00 bits per heavy atom. The van der Waals surface area contributed by atoms with Crippen molar-refractivity contribution < 1.29 is 14.3 Å². The molecule has 1 aromatic rings. The summed E-state index contributed by atoms with van der Waals surface area (Å²) in [6.07, 6.45) is 3.03. The SMILES string of the molecule is O=C(CNC(=O)[C@@H]1C[C@H]2CC[C@@H]1O2)Nc1ccc(Cl)cc1. The average molecular weight is 309 g/mol. The molecule has 0 radical (unpaired) electrons. The maximum atomic E-state index is 12.0. The summed E-state index contributed by atoms with van der Waals surface area (Å²) in [4.78, 5) is 23.8. The molecule has 2 amide bonds. The van der Waals surface area contributed by atoms with E-state index in [-0.39, 0.29) is 36.5 Å². The molecule has 0 saturated carbocycles. The molecule has 2 N–H and O–H groups in total. The second kappa shape index (κ2) is 6.03. The maximum absolute atomic E-state index is 12.0. The van der Waals surface area contributed by atoms with Crippen molar-refractivity contribution in [1.29, 1.82) is 0 Å². The van der Waals surface area contributed by atoms with Crippen molar-refractivity contribution in [2.45, 2.75) is 31.5 Å². The first-order valence-electron chi connectivity index (χ1n) is 7.10. The molecule has 2 heterocycles. The predicted octanol–water partition coefficient (Wildman–Crippen LogP) is 1.96. The zero-order chi connectivity index (χ0) is 14.8. The van der Waals surface area contributed by atoms with Gasteiger partial charge in [-0.3, -0.25) is 9.59 Å². The molecule has 0 spiro atoms. The van der Waals surface area contributed by atoms with Crippen molar-refractivity contribution in [3.05, 3.63) is 29.3 Å². The lowest BCUT2D eigenvalue weighted by Gasteiger charge is -2.17. The van der Waals surface area contributed by atoms with Gasteiger partial charge < -0.3 is 15.4 Å². The summed E-state index contributed by atoms with van der Waals surface area (Å²) < 4.78 is 5.65. The van der Waals surface area contributed by atoms with Crippen LogP contribution in [0.2, 0.25) is 5.02 Å². The van der Waals surface area contributed by atoms with Gasteiger partial charge in [-0.2, -0.15) is 0 Å². The second-order valence-electron chi connectivity index (χ2n) is 5.49. The molecule has 3 atom stereocenters. The first-order valence-corrected chi connectivity index (χ1v) is 7.48. The fourth-order valence-electron chi connectivity index (χ4n) is 2.95. The van der Waals surface area contributed by atoms with Crippen LogP contribution in [-0.4, -0.2) is 30.6 Å². The summed E-state index contributed by atoms with van der Waals surface area (Å²) in [6.45, 7) is -0.0324. The predicted molar refractivity (Wildman–Crippen MR) is 79.1 cm³/mol. The Morgan fingerprint density at radius 1 is 1.24 bits per heavy atom. The van der Waals surface area contributed by atoms with Gasteiger partial charge in [0.25, 0.3) is 0 Å². The minimum atomic E-state index is -0.255. The molecule has 2 aliphatic rings. The van der Waals surface area contributed by atoms with Crippen LogP contribution in [-0.2, 0) is 14.3 Å². The summed E-state index contributed by atoms with van der Waals surface area (Å²) in [7, 11) is 0. The standard InChI is InChI=1S/C15H17ClN2O3/c16-9-1-3-10(4-2-9)18-14(19)8-17-15(20)12-7-11-5-6-13(12)21-11/h1-4,11-13H,5-8H2,(H,17,20)(H,18,19)/t11-,12-,13+/m1/s1. The van der Waals surface area contributed by atoms with Gasteiger partial charge in [0, 0.05) is 10.7 Å². The Hall–Kier alpha value is -1.59. The number of amides is 2. The van der Waals surface area contributed by atoms with Gasteiger partial charge in [0.1, 0.15) is 0 Å². The molecule has 2 fully saturated rings. The molecule has 0 aliphatic carbocycles. The van der Waals surface area contributed by atoms with Crippen LogP contribution >= 0.6 is 11.6 Å². The summed E-state index contributed by atoms with van der Waals surface area (Å²) in [6, 6.07) is 6.82. The smallest absolute Gasteiger partial charge is 0.243 e. The van der Waals surface area contributed by atoms with Gasteiger partial charge in [0.05, 0.1) is 24.7 Å². The molecule has 0 unspecified atom stereocenters. The summed E-state index contributed by atoms with van der Waals surface area (Å²) >= 11 is 5.77. The van der Waals surface area contributed by atoms with Crippen LogP contribution in [0.5, 0.6) is 0 Å². The lowest BCUT2D eigenvalue weighted by molar-refractivity contribution is -0.128. The van der Waals surface area contributed by atoms with E-state index in [0.29, 0.717) is 10.7 Å². The number of hydrogen-bond donors (Lipinski definition) is 2. The van der Waals surface area contributed by atoms with E-state index >= 15 is 0 Å². The topological polar surface area (TPSA) is 67.4 Å². The first-order chi connectivity index (χ1) is 10.1. The molecule has 112 valence electrons. The highest BCUT2D eigenvalue weighted by Gasteiger charge is 2.44. The normalized spacial score (nSPS) is 26.6. The fourth-order valence-corrected chi connectivity index (χ4v) is 3.08. The third-order valence-corrected chi connectivity index (χ3v) is 4.25. The Kier molecular flexibility index (Phi) is 4.12. The van der Waals surface area contributed by atoms with Crippen molar-refractivity contribution in [3.8, 4) is 0 Å². The number of anilines is 1. The molecule has 5 nitrogen and oxygen atoms in total. The third kappa shape index (κ3) is 3.36. The number of ether oxygens (including phenoxy) is 1. The van der Waals surface area contributed by atoms with Crippen LogP contribution in [0.15, 0.2) is 24.3 Å². The van der Waals surface area contributed by atoms with E-state index < -0.39 is 0 Å². The molecule has 3 rings (SSSR count). The Morgan fingerprint density at radius 3 is 2.62 bits per heavy atom. The lowest BCUT2D eigenvalue weighted by Crippen LogP contribution is -2.40. The van der Waals surface area contributed by atoms with E-state index in [1.165, 1.54) is 0 Å². The number of nitrogens with one attached hydrogen (secondary N) is 2. The van der Waals surface area contributed by atoms with Crippen LogP contribution in [0.1, 0.15) is 19.3 Å². The summed E-state index contributed by atoms with van der Waals surface area (Å²) in [5.74, 6) is -0.449. The van der Waals surface area contributed by atoms with Crippen LogP contribution in [0.4, 0.5) is 5.69 Å². The van der Waals surface area contributed by atoms with Crippen LogP contribution in [0, 0.1) is 5.92 Å². The third-order valence-electron chi connectivity index (χ3n) is 3.99. The van der Waals surface area contributed by atoms with Gasteiger partial charge in [-0.15, -0.1) is 0 Å². The molecule has 2 aliphatic heterocycles. The molecular formula is C15H17ClN2O3. The second-order valence-corrected chi connectivity index (χ2v) is 5.93. The highest BCUT2D eigenvalue weighted by molar-refractivity contribution is 6.30. The van der Waals surface area contributed by atoms with Gasteiger partial charge in [-0.25, -0.2) is 0 Å². The highest BCUT2D eigenvalue weighted by atomic mass is 35.5. The minimum absolute atomic E-state index is 0.0324. The number of fused-ring (bicyclic) bond motifs is 2. The fraction of sp³-hybridized carbons (Fsp3) is 0.467. The van der Waals surface area contributed by atoms with Crippen molar-refractivity contribution in [2.24, 2.45) is 5.92 Å². The summed E-state index contributed by atoms with van der Waals surface area (Å²) in [5, 5.41) is 6.00. The first kappa shape index (κ1) is 14.4. The molecule has 2 saturated heterocycles. The van der Waals surface area contributed by atoms with E-state index in [1.54, 1.807) is 24.3 Å². The van der Waals surface area contributed by atoms with Crippen molar-refractivity contribution in [1.82, 2.24) is 5.32 Å². The number of halogens is 1. The molecule has 1 aromatic carbocycles. The Bertz CT molecular complexity index is 546. The van der Waals surface area contributed by atoms with E-state index in [1.807, 2.05) is 0 Å². The van der Waals surface area contributed by atoms with E-state index in [0.717, 1.165) is 19.3 Å². The van der Waals surface area contributed by atoms with E-state index in [9.17, 15) is 9.59 Å². The molecule has 6 heteroatoms. The Balaban J connectivity index is 1.45. The maximum Gasteiger partial charge on any atom is 0.243 e. The number of carbonyl (C=O) groups is 2. The number of rotatable bonds is 4. The van der Waals surface area contributed by atoms with Gasteiger partial charge in [0.2, 0.25) is 11.8 Å². The number of benzene rings is 1. The van der Waals surface area contributed by atoms with E-state index in [4.69, 9.17) is 16.3 Å². The minimum Gasteiger partial charge on any atom is -0.374 e. The highest BCUT2D eigenvalue weighted by Crippen LogP contribution is 2.38. The molecular weight excluding hydrogens is 292 g/mol. The Labute approximate surface area is 128 Å². The van der Waals surface area contributed by atoms with E-state index in [2.05, 4.69) is 10.6 Å². The molecule has 2 bridgehead atoms. The quantitative estimate of drug-likeness (QED) is 0.893. The molecule has 21 heavy (non-hydrogen) atoms. The van der Waals surface area contributed by atoms with Crippen LogP contribution < -0.4 is 10.6 Å². The number of carbonyl (C=O) groups excluding carboxylic acids is 2. The average Bonchev–Trinajstić information content (AvgIpc) is 3.10. The van der Waals surface area contributed by atoms with Crippen molar-refractivity contribution >= 4 is 29.1 Å². The van der Waals surface area contributed by atoms with Crippen molar-refractivity contribution in [3.63, 3.8) is 0 Å². The molecule has 0 aromatic heterocycles. The summed E-state index contributed by atoms with van der Waals surface area (Å²) in [5.41, 5.74) is 0.655. The zero-order valence-electron chi connectivity index (χ0n) is 11.5. The van der Waals surface area contributed by atoms with Crippen molar-refractivity contribution in [2.75, 3.05) is 11.9 Å². The zero-order valence-corrected chi connectivity index (χ0v) is 12.2. The largest absolute Gasteiger partial charge is 0.374 e. The number of hydrogen-bond acceptors (Lipinski definition) is 3. The van der Waals surface area contributed by atoms with Crippen LogP contribution in [0.3, 0.4) is 0 Å².